The molecule has 1 aromatic heterocycles. The van der Waals surface area contributed by atoms with Crippen molar-refractivity contribution >= 4 is 17.5 Å². The first kappa shape index (κ1) is 18.3. The molecule has 0 unspecified atom stereocenters. The molecule has 25 heavy (non-hydrogen) atoms. The third-order valence-electron chi connectivity index (χ3n) is 3.14. The van der Waals surface area contributed by atoms with Gasteiger partial charge in [-0.3, -0.25) is 4.98 Å². The number of methoxy groups -OCH3 is 1. The van der Waals surface area contributed by atoms with E-state index in [1.54, 1.807) is 0 Å². The van der Waals surface area contributed by atoms with Crippen LogP contribution in [-0.2, 0) is 12.7 Å². The number of carboxylic acid groups (broad SMARTS) is 1. The SMILES string of the molecule is COc1ccc(Nc2cnc(CNC(=O)O)c(F)c2)c(C(F)(F)F)c1. The highest BCUT2D eigenvalue weighted by Crippen LogP contribution is 2.38. The van der Waals surface area contributed by atoms with Crippen LogP contribution in [0.1, 0.15) is 11.3 Å². The lowest BCUT2D eigenvalue weighted by atomic mass is 10.1. The maximum Gasteiger partial charge on any atom is 0.418 e. The van der Waals surface area contributed by atoms with Gasteiger partial charge in [0.1, 0.15) is 11.6 Å². The Hall–Kier alpha value is -3.04. The van der Waals surface area contributed by atoms with Crippen molar-refractivity contribution in [2.45, 2.75) is 12.7 Å². The van der Waals surface area contributed by atoms with E-state index in [0.29, 0.717) is 0 Å². The summed E-state index contributed by atoms with van der Waals surface area (Å²) >= 11 is 0. The van der Waals surface area contributed by atoms with Gasteiger partial charge in [-0.05, 0) is 18.2 Å². The summed E-state index contributed by atoms with van der Waals surface area (Å²) in [6.45, 7) is -0.363. The van der Waals surface area contributed by atoms with Crippen molar-refractivity contribution in [3.8, 4) is 5.75 Å². The van der Waals surface area contributed by atoms with E-state index in [2.05, 4.69) is 10.3 Å². The zero-order valence-corrected chi connectivity index (χ0v) is 12.8. The molecule has 2 rings (SSSR count). The molecule has 2 aromatic rings. The number of anilines is 2. The maximum atomic E-state index is 13.9. The molecule has 0 saturated heterocycles. The molecule has 1 heterocycles. The van der Waals surface area contributed by atoms with Gasteiger partial charge in [-0.1, -0.05) is 0 Å². The van der Waals surface area contributed by atoms with Gasteiger partial charge in [0.15, 0.2) is 0 Å². The molecular formula is C15H13F4N3O3. The number of aromatic nitrogens is 1. The Balaban J connectivity index is 2.27. The topological polar surface area (TPSA) is 83.5 Å². The van der Waals surface area contributed by atoms with Crippen LogP contribution in [0.4, 0.5) is 33.7 Å². The van der Waals surface area contributed by atoms with Gasteiger partial charge in [-0.15, -0.1) is 0 Å². The Morgan fingerprint density at radius 3 is 2.60 bits per heavy atom. The number of nitrogens with zero attached hydrogens (tertiary/aromatic N) is 1. The maximum absolute atomic E-state index is 13.9. The monoisotopic (exact) mass is 359 g/mol. The van der Waals surface area contributed by atoms with Crippen LogP contribution in [0.15, 0.2) is 30.5 Å². The Labute approximate surface area is 139 Å². The quantitative estimate of drug-likeness (QED) is 0.708. The average molecular weight is 359 g/mol. The van der Waals surface area contributed by atoms with Crippen molar-refractivity contribution in [2.75, 3.05) is 12.4 Å². The van der Waals surface area contributed by atoms with Crippen LogP contribution in [0.25, 0.3) is 0 Å². The van der Waals surface area contributed by atoms with E-state index in [4.69, 9.17) is 9.84 Å². The molecule has 0 bridgehead atoms. The van der Waals surface area contributed by atoms with Gasteiger partial charge in [-0.25, -0.2) is 9.18 Å². The molecule has 0 radical (unpaired) electrons. The summed E-state index contributed by atoms with van der Waals surface area (Å²) in [5, 5.41) is 12.9. The van der Waals surface area contributed by atoms with Gasteiger partial charge >= 0.3 is 12.3 Å². The van der Waals surface area contributed by atoms with Gasteiger partial charge < -0.3 is 20.5 Å². The number of hydrogen-bond donors (Lipinski definition) is 3. The van der Waals surface area contributed by atoms with Gasteiger partial charge in [0, 0.05) is 6.07 Å². The predicted octanol–water partition coefficient (Wildman–Crippen LogP) is 3.76. The lowest BCUT2D eigenvalue weighted by Crippen LogP contribution is -2.21. The summed E-state index contributed by atoms with van der Waals surface area (Å²) in [4.78, 5) is 14.1. The van der Waals surface area contributed by atoms with E-state index in [-0.39, 0.29) is 29.4 Å². The average Bonchev–Trinajstić information content (AvgIpc) is 2.53. The fourth-order valence-electron chi connectivity index (χ4n) is 1.97. The van der Waals surface area contributed by atoms with E-state index in [1.807, 2.05) is 5.32 Å². The van der Waals surface area contributed by atoms with Gasteiger partial charge in [0.05, 0.1) is 42.5 Å². The number of hydrogen-bond acceptors (Lipinski definition) is 4. The van der Waals surface area contributed by atoms with E-state index in [1.165, 1.54) is 13.2 Å². The first-order valence-electron chi connectivity index (χ1n) is 6.84. The third-order valence-corrected chi connectivity index (χ3v) is 3.14. The predicted molar refractivity (Wildman–Crippen MR) is 80.3 cm³/mol. The lowest BCUT2D eigenvalue weighted by Gasteiger charge is -2.16. The molecule has 3 N–H and O–H groups in total. The standard InChI is InChI=1S/C15H13F4N3O3/c1-25-9-2-3-12(10(5-9)15(17,18)19)22-8-4-11(16)13(20-6-8)7-21-14(23)24/h2-6,21-22H,7H2,1H3,(H,23,24). The second kappa shape index (κ2) is 7.24. The molecule has 134 valence electrons. The van der Waals surface area contributed by atoms with Crippen LogP contribution in [0.5, 0.6) is 5.75 Å². The number of carbonyl (C=O) groups is 1. The molecule has 0 spiro atoms. The minimum atomic E-state index is -4.64. The number of rotatable bonds is 5. The van der Waals surface area contributed by atoms with Crippen molar-refractivity contribution in [1.82, 2.24) is 10.3 Å². The molecule has 0 fully saturated rings. The Bertz CT molecular complexity index is 781. The molecule has 0 aliphatic heterocycles. The third kappa shape index (κ3) is 4.72. The second-order valence-electron chi connectivity index (χ2n) is 4.85. The summed E-state index contributed by atoms with van der Waals surface area (Å²) in [6, 6.07) is 4.22. The number of nitrogens with one attached hydrogen (secondary N) is 2. The normalized spacial score (nSPS) is 11.1. The van der Waals surface area contributed by atoms with Gasteiger partial charge in [-0.2, -0.15) is 13.2 Å². The highest BCUT2D eigenvalue weighted by molar-refractivity contribution is 5.65. The largest absolute Gasteiger partial charge is 0.497 e. The highest BCUT2D eigenvalue weighted by Gasteiger charge is 2.34. The van der Waals surface area contributed by atoms with Crippen molar-refractivity contribution < 1.29 is 32.2 Å². The van der Waals surface area contributed by atoms with E-state index < -0.39 is 23.7 Å². The summed E-state index contributed by atoms with van der Waals surface area (Å²) in [7, 11) is 1.24. The number of halogens is 4. The second-order valence-corrected chi connectivity index (χ2v) is 4.85. The minimum absolute atomic E-state index is 0.0211. The van der Waals surface area contributed by atoms with Crippen LogP contribution < -0.4 is 15.4 Å². The fourth-order valence-corrected chi connectivity index (χ4v) is 1.97. The Kier molecular flexibility index (Phi) is 5.30. The first-order valence-corrected chi connectivity index (χ1v) is 6.84. The van der Waals surface area contributed by atoms with Gasteiger partial charge in [0.25, 0.3) is 0 Å². The van der Waals surface area contributed by atoms with Crippen molar-refractivity contribution in [3.05, 3.63) is 47.5 Å². The van der Waals surface area contributed by atoms with Crippen LogP contribution in [0.2, 0.25) is 0 Å². The molecular weight excluding hydrogens is 346 g/mol. The molecule has 0 saturated carbocycles. The van der Waals surface area contributed by atoms with E-state index in [0.717, 1.165) is 24.4 Å². The smallest absolute Gasteiger partial charge is 0.418 e. The number of pyridine rings is 1. The number of ether oxygens (including phenoxy) is 1. The molecule has 10 heteroatoms. The Morgan fingerprint density at radius 1 is 1.32 bits per heavy atom. The van der Waals surface area contributed by atoms with E-state index in [9.17, 15) is 22.4 Å². The number of amides is 1. The van der Waals surface area contributed by atoms with E-state index >= 15 is 0 Å². The van der Waals surface area contributed by atoms with Crippen LogP contribution in [0, 0.1) is 5.82 Å². The summed E-state index contributed by atoms with van der Waals surface area (Å²) in [5.41, 5.74) is -1.49. The van der Waals surface area contributed by atoms with Crippen LogP contribution in [-0.4, -0.2) is 23.3 Å². The zero-order valence-electron chi connectivity index (χ0n) is 12.8. The number of benzene rings is 1. The number of alkyl halides is 3. The zero-order chi connectivity index (χ0) is 18.6. The molecule has 1 aromatic carbocycles. The molecule has 6 nitrogen and oxygen atoms in total. The summed E-state index contributed by atoms with van der Waals surface area (Å²) in [5.74, 6) is -0.835. The first-order chi connectivity index (χ1) is 11.7. The van der Waals surface area contributed by atoms with Crippen molar-refractivity contribution in [3.63, 3.8) is 0 Å². The fraction of sp³-hybridized carbons (Fsp3) is 0.200. The molecule has 1 amide bonds. The molecule has 0 atom stereocenters. The van der Waals surface area contributed by atoms with Crippen LogP contribution >= 0.6 is 0 Å². The lowest BCUT2D eigenvalue weighted by molar-refractivity contribution is -0.137. The van der Waals surface area contributed by atoms with Gasteiger partial charge in [0.2, 0.25) is 0 Å². The molecule has 0 aliphatic carbocycles. The molecule has 0 aliphatic rings. The highest BCUT2D eigenvalue weighted by atomic mass is 19.4. The van der Waals surface area contributed by atoms with Crippen LogP contribution in [0.3, 0.4) is 0 Å². The Morgan fingerprint density at radius 2 is 2.04 bits per heavy atom. The summed E-state index contributed by atoms with van der Waals surface area (Å²) in [6.07, 6.45) is -4.89. The van der Waals surface area contributed by atoms with Crippen molar-refractivity contribution in [1.29, 1.82) is 0 Å². The van der Waals surface area contributed by atoms with Crippen molar-refractivity contribution in [2.24, 2.45) is 0 Å². The summed E-state index contributed by atoms with van der Waals surface area (Å²) < 4.78 is 58.1. The minimum Gasteiger partial charge on any atom is -0.497 e.